The third-order valence-electron chi connectivity index (χ3n) is 5.45. The normalized spacial score (nSPS) is 17.2. The van der Waals surface area contributed by atoms with Gasteiger partial charge >= 0.3 is 0 Å². The molecule has 1 aliphatic heterocycles. The van der Waals surface area contributed by atoms with Gasteiger partial charge in [0.25, 0.3) is 8.32 Å². The van der Waals surface area contributed by atoms with Crippen molar-refractivity contribution in [3.8, 4) is 0 Å². The Morgan fingerprint density at radius 3 is 2.00 bits per heavy atom. The summed E-state index contributed by atoms with van der Waals surface area (Å²) in [6, 6.07) is 20.6. The van der Waals surface area contributed by atoms with E-state index in [1.165, 1.54) is 11.8 Å². The molecule has 0 saturated carbocycles. The predicted molar refractivity (Wildman–Crippen MR) is 122 cm³/mol. The predicted octanol–water partition coefficient (Wildman–Crippen LogP) is 3.40. The number of benzene rings is 2. The summed E-state index contributed by atoms with van der Waals surface area (Å²) in [6.45, 7) is 9.20. The quantitative estimate of drug-likeness (QED) is 0.502. The lowest BCUT2D eigenvalue weighted by Gasteiger charge is -2.43. The molecule has 1 fully saturated rings. The lowest BCUT2D eigenvalue weighted by atomic mass is 10.2. The van der Waals surface area contributed by atoms with Crippen molar-refractivity contribution in [2.24, 2.45) is 0 Å². The molecule has 1 unspecified atom stereocenters. The maximum absolute atomic E-state index is 12.8. The molecule has 0 aromatic heterocycles. The van der Waals surface area contributed by atoms with E-state index in [1.54, 1.807) is 4.90 Å². The molecule has 0 spiro atoms. The fourth-order valence-electron chi connectivity index (χ4n) is 4.02. The number of likely N-dealkylation sites (tertiary alicyclic amines) is 1. The van der Waals surface area contributed by atoms with E-state index >= 15 is 0 Å². The molecule has 1 amide bonds. The third kappa shape index (κ3) is 4.34. The summed E-state index contributed by atoms with van der Waals surface area (Å²) in [5.41, 5.74) is 0. The van der Waals surface area contributed by atoms with Gasteiger partial charge in [-0.25, -0.2) is 0 Å². The first-order valence-electron chi connectivity index (χ1n) is 10.0. The zero-order chi connectivity index (χ0) is 21.1. The lowest BCUT2D eigenvalue weighted by Crippen LogP contribution is -2.67. The first-order chi connectivity index (χ1) is 13.8. The largest absolute Gasteiger partial charge is 0.399 e. The molecule has 6 heteroatoms. The van der Waals surface area contributed by atoms with Gasteiger partial charge in [0.15, 0.2) is 0 Å². The fourth-order valence-corrected chi connectivity index (χ4v) is 9.68. The Balaban J connectivity index is 1.88. The SMILES string of the molecule is CCN1C(=O)CC1SC(=O)CO[Si](c1ccccc1)(c1ccccc1)C(C)(C)C. The molecular formula is C23H29NO3SSi. The van der Waals surface area contributed by atoms with Crippen LogP contribution in [-0.4, -0.2) is 42.8 Å². The van der Waals surface area contributed by atoms with Crippen LogP contribution in [0.2, 0.25) is 5.04 Å². The van der Waals surface area contributed by atoms with Crippen LogP contribution in [-0.2, 0) is 14.0 Å². The molecule has 0 radical (unpaired) electrons. The van der Waals surface area contributed by atoms with Crippen LogP contribution in [0.3, 0.4) is 0 Å². The van der Waals surface area contributed by atoms with Gasteiger partial charge < -0.3 is 9.33 Å². The van der Waals surface area contributed by atoms with Crippen molar-refractivity contribution in [2.75, 3.05) is 13.2 Å². The van der Waals surface area contributed by atoms with E-state index in [1.807, 2.05) is 43.3 Å². The second-order valence-electron chi connectivity index (χ2n) is 8.28. The topological polar surface area (TPSA) is 46.6 Å². The Hall–Kier alpha value is -1.89. The summed E-state index contributed by atoms with van der Waals surface area (Å²) >= 11 is 1.23. The van der Waals surface area contributed by atoms with E-state index in [9.17, 15) is 9.59 Å². The maximum atomic E-state index is 12.8. The standard InChI is InChI=1S/C23H29NO3SSi/c1-5-24-20(25)16-21(24)28-22(26)17-27-29(23(2,3)4,18-12-8-6-9-13-18)19-14-10-7-11-15-19/h6-15,21H,5,16-17H2,1-4H3. The van der Waals surface area contributed by atoms with Crippen molar-refractivity contribution in [1.29, 1.82) is 0 Å². The van der Waals surface area contributed by atoms with E-state index in [0.717, 1.165) is 10.4 Å². The molecule has 3 rings (SSSR count). The summed E-state index contributed by atoms with van der Waals surface area (Å²) < 4.78 is 6.66. The Morgan fingerprint density at radius 1 is 1.07 bits per heavy atom. The Bertz CT molecular complexity index is 812. The number of β-lactam (4-membered cyclic amide) rings is 1. The molecule has 4 nitrogen and oxygen atoms in total. The van der Waals surface area contributed by atoms with E-state index in [4.69, 9.17) is 4.43 Å². The van der Waals surface area contributed by atoms with Crippen molar-refractivity contribution >= 4 is 41.5 Å². The van der Waals surface area contributed by atoms with E-state index in [-0.39, 0.29) is 28.0 Å². The Morgan fingerprint density at radius 2 is 1.59 bits per heavy atom. The number of amides is 1. The number of carbonyl (C=O) groups is 2. The highest BCUT2D eigenvalue weighted by molar-refractivity contribution is 8.14. The molecule has 29 heavy (non-hydrogen) atoms. The van der Waals surface area contributed by atoms with Crippen molar-refractivity contribution in [1.82, 2.24) is 4.90 Å². The molecular weight excluding hydrogens is 398 g/mol. The molecule has 1 saturated heterocycles. The number of thioether (sulfide) groups is 1. The van der Waals surface area contributed by atoms with E-state index < -0.39 is 8.32 Å². The van der Waals surface area contributed by atoms with Gasteiger partial charge in [0.05, 0.1) is 11.8 Å². The van der Waals surface area contributed by atoms with Crippen molar-refractivity contribution in [2.45, 2.75) is 44.5 Å². The highest BCUT2D eigenvalue weighted by atomic mass is 32.2. The summed E-state index contributed by atoms with van der Waals surface area (Å²) in [6.07, 6.45) is 0.434. The van der Waals surface area contributed by atoms with Crippen LogP contribution < -0.4 is 10.4 Å². The van der Waals surface area contributed by atoms with Crippen LogP contribution in [0.15, 0.2) is 60.7 Å². The summed E-state index contributed by atoms with van der Waals surface area (Å²) in [5, 5.41) is 2.08. The monoisotopic (exact) mass is 427 g/mol. The molecule has 0 N–H and O–H groups in total. The van der Waals surface area contributed by atoms with E-state index in [2.05, 4.69) is 45.0 Å². The molecule has 1 atom stereocenters. The van der Waals surface area contributed by atoms with Crippen LogP contribution in [0, 0.1) is 0 Å². The zero-order valence-electron chi connectivity index (χ0n) is 17.6. The van der Waals surface area contributed by atoms with Gasteiger partial charge in [-0.3, -0.25) is 9.59 Å². The minimum Gasteiger partial charge on any atom is -0.399 e. The number of hydrogen-bond donors (Lipinski definition) is 0. The summed E-state index contributed by atoms with van der Waals surface area (Å²) in [5.74, 6) is 0.116. The third-order valence-corrected chi connectivity index (χ3v) is 11.5. The van der Waals surface area contributed by atoms with Gasteiger partial charge in [-0.05, 0) is 22.3 Å². The number of hydrogen-bond acceptors (Lipinski definition) is 4. The second kappa shape index (κ2) is 8.86. The number of rotatable bonds is 7. The van der Waals surface area contributed by atoms with Crippen molar-refractivity contribution in [3.05, 3.63) is 60.7 Å². The minimum atomic E-state index is -2.71. The Labute approximate surface area is 178 Å². The van der Waals surface area contributed by atoms with Gasteiger partial charge in [0.1, 0.15) is 6.61 Å². The molecule has 0 bridgehead atoms. The van der Waals surface area contributed by atoms with Gasteiger partial charge in [0.2, 0.25) is 11.0 Å². The van der Waals surface area contributed by atoms with Gasteiger partial charge in [-0.1, -0.05) is 93.2 Å². The number of nitrogens with zero attached hydrogens (tertiary/aromatic N) is 1. The molecule has 2 aromatic carbocycles. The molecule has 1 aliphatic rings. The van der Waals surface area contributed by atoms with Crippen LogP contribution in [0.1, 0.15) is 34.1 Å². The molecule has 2 aromatic rings. The average molecular weight is 428 g/mol. The second-order valence-corrected chi connectivity index (χ2v) is 13.8. The first-order valence-corrected chi connectivity index (χ1v) is 12.8. The highest BCUT2D eigenvalue weighted by Crippen LogP contribution is 2.37. The van der Waals surface area contributed by atoms with Gasteiger partial charge in [-0.2, -0.15) is 0 Å². The van der Waals surface area contributed by atoms with Gasteiger partial charge in [0, 0.05) is 6.54 Å². The fraction of sp³-hybridized carbons (Fsp3) is 0.391. The average Bonchev–Trinajstić information content (AvgIpc) is 2.69. The Kier molecular flexibility index (Phi) is 6.66. The maximum Gasteiger partial charge on any atom is 0.261 e. The van der Waals surface area contributed by atoms with Crippen molar-refractivity contribution < 1.29 is 14.0 Å². The minimum absolute atomic E-state index is 0.0195. The first kappa shape index (κ1) is 21.8. The van der Waals surface area contributed by atoms with Crippen LogP contribution >= 0.6 is 11.8 Å². The highest BCUT2D eigenvalue weighted by Gasteiger charge is 2.50. The smallest absolute Gasteiger partial charge is 0.261 e. The summed E-state index contributed by atoms with van der Waals surface area (Å²) in [4.78, 5) is 26.2. The van der Waals surface area contributed by atoms with E-state index in [0.29, 0.717) is 13.0 Å². The molecule has 1 heterocycles. The van der Waals surface area contributed by atoms with Crippen molar-refractivity contribution in [3.63, 3.8) is 0 Å². The molecule has 0 aliphatic carbocycles. The van der Waals surface area contributed by atoms with Gasteiger partial charge in [-0.15, -0.1) is 0 Å². The lowest BCUT2D eigenvalue weighted by molar-refractivity contribution is -0.141. The van der Waals surface area contributed by atoms with Crippen LogP contribution in [0.25, 0.3) is 0 Å². The van der Waals surface area contributed by atoms with Crippen LogP contribution in [0.4, 0.5) is 0 Å². The molecule has 154 valence electrons. The number of carbonyl (C=O) groups excluding carboxylic acids is 2. The van der Waals surface area contributed by atoms with Crippen LogP contribution in [0.5, 0.6) is 0 Å². The summed E-state index contributed by atoms with van der Waals surface area (Å²) in [7, 11) is -2.71. The zero-order valence-corrected chi connectivity index (χ0v) is 19.4.